The van der Waals surface area contributed by atoms with Gasteiger partial charge in [0.25, 0.3) is 0 Å². The van der Waals surface area contributed by atoms with Gasteiger partial charge >= 0.3 is 5.97 Å². The molecule has 2 rings (SSSR count). The SMILES string of the molecule is O=C(O)c1ccnc(CNC(=O)C2CCCNC2)c1. The molecule has 1 fully saturated rings. The van der Waals surface area contributed by atoms with Gasteiger partial charge in [-0.15, -0.1) is 0 Å². The zero-order chi connectivity index (χ0) is 13.7. The Morgan fingerprint density at radius 2 is 2.37 bits per heavy atom. The topological polar surface area (TPSA) is 91.3 Å². The Balaban J connectivity index is 1.89. The molecule has 3 N–H and O–H groups in total. The maximum absolute atomic E-state index is 11.9. The Morgan fingerprint density at radius 1 is 1.53 bits per heavy atom. The number of carboxylic acid groups (broad SMARTS) is 1. The first-order valence-corrected chi connectivity index (χ1v) is 6.33. The molecule has 102 valence electrons. The molecule has 6 nitrogen and oxygen atoms in total. The number of pyridine rings is 1. The van der Waals surface area contributed by atoms with Gasteiger partial charge in [-0.05, 0) is 31.5 Å². The molecule has 0 aliphatic carbocycles. The molecular weight excluding hydrogens is 246 g/mol. The highest BCUT2D eigenvalue weighted by molar-refractivity contribution is 5.87. The van der Waals surface area contributed by atoms with E-state index in [1.165, 1.54) is 18.3 Å². The smallest absolute Gasteiger partial charge is 0.335 e. The summed E-state index contributed by atoms with van der Waals surface area (Å²) < 4.78 is 0. The first-order chi connectivity index (χ1) is 9.16. The maximum atomic E-state index is 11.9. The minimum atomic E-state index is -0.994. The van der Waals surface area contributed by atoms with Crippen molar-refractivity contribution in [3.05, 3.63) is 29.6 Å². The lowest BCUT2D eigenvalue weighted by Gasteiger charge is -2.21. The van der Waals surface area contributed by atoms with Crippen LogP contribution in [0.25, 0.3) is 0 Å². The first kappa shape index (κ1) is 13.5. The van der Waals surface area contributed by atoms with Gasteiger partial charge in [-0.3, -0.25) is 9.78 Å². The number of nitrogens with zero attached hydrogens (tertiary/aromatic N) is 1. The zero-order valence-corrected chi connectivity index (χ0v) is 10.6. The third-order valence-corrected chi connectivity index (χ3v) is 3.17. The Kier molecular flexibility index (Phi) is 4.46. The Morgan fingerprint density at radius 3 is 3.05 bits per heavy atom. The lowest BCUT2D eigenvalue weighted by atomic mass is 9.99. The molecule has 2 heterocycles. The van der Waals surface area contributed by atoms with Crippen LogP contribution in [0.5, 0.6) is 0 Å². The second kappa shape index (κ2) is 6.29. The predicted molar refractivity (Wildman–Crippen MR) is 68.6 cm³/mol. The monoisotopic (exact) mass is 263 g/mol. The number of rotatable bonds is 4. The van der Waals surface area contributed by atoms with Crippen LogP contribution in [0.1, 0.15) is 28.9 Å². The number of carbonyl (C=O) groups excluding carboxylic acids is 1. The van der Waals surface area contributed by atoms with Crippen LogP contribution in [0.3, 0.4) is 0 Å². The maximum Gasteiger partial charge on any atom is 0.335 e. The largest absolute Gasteiger partial charge is 0.478 e. The van der Waals surface area contributed by atoms with Crippen molar-refractivity contribution in [3.8, 4) is 0 Å². The lowest BCUT2D eigenvalue weighted by molar-refractivity contribution is -0.125. The number of amides is 1. The Labute approximate surface area is 111 Å². The van der Waals surface area contributed by atoms with Crippen LogP contribution in [0.4, 0.5) is 0 Å². The zero-order valence-electron chi connectivity index (χ0n) is 10.6. The standard InChI is InChI=1S/C13H17N3O3/c17-12(10-2-1-4-14-7-10)16-8-11-6-9(13(18)19)3-5-15-11/h3,5-6,10,14H,1-2,4,7-8H2,(H,16,17)(H,18,19). The molecule has 6 heteroatoms. The highest BCUT2D eigenvalue weighted by Crippen LogP contribution is 2.10. The number of aromatic carboxylic acids is 1. The lowest BCUT2D eigenvalue weighted by Crippen LogP contribution is -2.40. The van der Waals surface area contributed by atoms with Gasteiger partial charge in [0.1, 0.15) is 0 Å². The average Bonchev–Trinajstić information content (AvgIpc) is 2.46. The fourth-order valence-electron chi connectivity index (χ4n) is 2.11. The molecule has 1 amide bonds. The van der Waals surface area contributed by atoms with E-state index in [2.05, 4.69) is 15.6 Å². The molecule has 1 aromatic rings. The van der Waals surface area contributed by atoms with E-state index in [0.29, 0.717) is 12.2 Å². The van der Waals surface area contributed by atoms with E-state index in [1.54, 1.807) is 0 Å². The minimum Gasteiger partial charge on any atom is -0.478 e. The van der Waals surface area contributed by atoms with Crippen LogP contribution in [-0.2, 0) is 11.3 Å². The van der Waals surface area contributed by atoms with Crippen LogP contribution < -0.4 is 10.6 Å². The molecule has 0 saturated carbocycles. The van der Waals surface area contributed by atoms with Crippen molar-refractivity contribution in [2.24, 2.45) is 5.92 Å². The third-order valence-electron chi connectivity index (χ3n) is 3.17. The summed E-state index contributed by atoms with van der Waals surface area (Å²) in [5, 5.41) is 14.9. The average molecular weight is 263 g/mol. The van der Waals surface area contributed by atoms with Gasteiger partial charge in [0, 0.05) is 12.7 Å². The van der Waals surface area contributed by atoms with Crippen LogP contribution >= 0.6 is 0 Å². The van der Waals surface area contributed by atoms with Crippen LogP contribution in [-0.4, -0.2) is 35.1 Å². The van der Waals surface area contributed by atoms with Crippen molar-refractivity contribution in [2.45, 2.75) is 19.4 Å². The summed E-state index contributed by atoms with van der Waals surface area (Å²) in [6.45, 7) is 1.93. The van der Waals surface area contributed by atoms with Gasteiger partial charge in [-0.1, -0.05) is 0 Å². The van der Waals surface area contributed by atoms with Gasteiger partial charge in [0.2, 0.25) is 5.91 Å². The van der Waals surface area contributed by atoms with Crippen molar-refractivity contribution in [3.63, 3.8) is 0 Å². The normalized spacial score (nSPS) is 18.8. The van der Waals surface area contributed by atoms with E-state index in [0.717, 1.165) is 19.4 Å². The molecule has 1 unspecified atom stereocenters. The van der Waals surface area contributed by atoms with Gasteiger partial charge in [-0.25, -0.2) is 4.79 Å². The highest BCUT2D eigenvalue weighted by atomic mass is 16.4. The van der Waals surface area contributed by atoms with E-state index in [1.807, 2.05) is 0 Å². The van der Waals surface area contributed by atoms with E-state index < -0.39 is 5.97 Å². The second-order valence-electron chi connectivity index (χ2n) is 4.60. The van der Waals surface area contributed by atoms with Crippen LogP contribution in [0.15, 0.2) is 18.3 Å². The van der Waals surface area contributed by atoms with Crippen molar-refractivity contribution in [2.75, 3.05) is 13.1 Å². The minimum absolute atomic E-state index is 0.00333. The van der Waals surface area contributed by atoms with Crippen molar-refractivity contribution in [1.82, 2.24) is 15.6 Å². The highest BCUT2D eigenvalue weighted by Gasteiger charge is 2.20. The number of carbonyl (C=O) groups is 2. The Bertz CT molecular complexity index is 470. The van der Waals surface area contributed by atoms with Crippen LogP contribution in [0.2, 0.25) is 0 Å². The molecule has 1 saturated heterocycles. The molecule has 0 aromatic carbocycles. The number of carboxylic acids is 1. The van der Waals surface area contributed by atoms with Crippen molar-refractivity contribution < 1.29 is 14.7 Å². The van der Waals surface area contributed by atoms with Gasteiger partial charge in [0.05, 0.1) is 23.7 Å². The molecule has 0 radical (unpaired) electrons. The number of piperidine rings is 1. The molecule has 1 atom stereocenters. The molecule has 19 heavy (non-hydrogen) atoms. The van der Waals surface area contributed by atoms with E-state index in [9.17, 15) is 9.59 Å². The third kappa shape index (κ3) is 3.75. The summed E-state index contributed by atoms with van der Waals surface area (Å²) in [6, 6.07) is 2.90. The number of hydrogen-bond acceptors (Lipinski definition) is 4. The van der Waals surface area contributed by atoms with Crippen molar-refractivity contribution >= 4 is 11.9 Å². The summed E-state index contributed by atoms with van der Waals surface area (Å²) in [4.78, 5) is 26.8. The van der Waals surface area contributed by atoms with Gasteiger partial charge in [0.15, 0.2) is 0 Å². The molecule has 1 aromatic heterocycles. The molecule has 1 aliphatic heterocycles. The summed E-state index contributed by atoms with van der Waals surface area (Å²) in [6.07, 6.45) is 3.33. The van der Waals surface area contributed by atoms with Crippen molar-refractivity contribution in [1.29, 1.82) is 0 Å². The van der Waals surface area contributed by atoms with Gasteiger partial charge in [-0.2, -0.15) is 0 Å². The number of aromatic nitrogens is 1. The summed E-state index contributed by atoms with van der Waals surface area (Å²) in [7, 11) is 0. The quantitative estimate of drug-likeness (QED) is 0.731. The summed E-state index contributed by atoms with van der Waals surface area (Å²) >= 11 is 0. The molecule has 0 spiro atoms. The summed E-state index contributed by atoms with van der Waals surface area (Å²) in [5.41, 5.74) is 0.732. The van der Waals surface area contributed by atoms with E-state index in [4.69, 9.17) is 5.11 Å². The van der Waals surface area contributed by atoms with Gasteiger partial charge < -0.3 is 15.7 Å². The molecular formula is C13H17N3O3. The molecule has 0 bridgehead atoms. The molecule has 1 aliphatic rings. The predicted octanol–water partition coefficient (Wildman–Crippen LogP) is 0.396. The summed E-state index contributed by atoms with van der Waals surface area (Å²) in [5.74, 6) is -1.00. The fourth-order valence-corrected chi connectivity index (χ4v) is 2.11. The fraction of sp³-hybridized carbons (Fsp3) is 0.462. The number of hydrogen-bond donors (Lipinski definition) is 3. The van der Waals surface area contributed by atoms with Crippen LogP contribution in [0, 0.1) is 5.92 Å². The van der Waals surface area contributed by atoms with E-state index in [-0.39, 0.29) is 23.9 Å². The van der Waals surface area contributed by atoms with E-state index >= 15 is 0 Å². The number of nitrogens with one attached hydrogen (secondary N) is 2. The second-order valence-corrected chi connectivity index (χ2v) is 4.60. The Hall–Kier alpha value is -1.95. The first-order valence-electron chi connectivity index (χ1n) is 6.33.